The van der Waals surface area contributed by atoms with Gasteiger partial charge in [0.25, 0.3) is 0 Å². The minimum atomic E-state index is -3.71. The van der Waals surface area contributed by atoms with Crippen molar-refractivity contribution in [1.82, 2.24) is 10.0 Å². The van der Waals surface area contributed by atoms with Crippen molar-refractivity contribution >= 4 is 21.6 Å². The third kappa shape index (κ3) is 4.14. The second-order valence-corrected chi connectivity index (χ2v) is 6.87. The summed E-state index contributed by atoms with van der Waals surface area (Å²) >= 11 is 5.66. The molecule has 19 heavy (non-hydrogen) atoms. The molecule has 0 bridgehead atoms. The van der Waals surface area contributed by atoms with Crippen molar-refractivity contribution in [2.24, 2.45) is 5.92 Å². The molecule has 0 radical (unpaired) electrons. The van der Waals surface area contributed by atoms with E-state index in [1.807, 2.05) is 0 Å². The second kappa shape index (κ2) is 6.17. The van der Waals surface area contributed by atoms with E-state index in [0.717, 1.165) is 38.1 Å². The van der Waals surface area contributed by atoms with Crippen molar-refractivity contribution in [2.45, 2.75) is 17.7 Å². The monoisotopic (exact) mass is 306 g/mol. The maximum absolute atomic E-state index is 13.2. The fraction of sp³-hybridized carbons (Fsp3) is 0.500. The number of halogens is 2. The molecule has 2 N–H and O–H groups in total. The Kier molecular flexibility index (Phi) is 4.78. The van der Waals surface area contributed by atoms with E-state index in [1.165, 1.54) is 6.07 Å². The molecule has 1 unspecified atom stereocenters. The molecular formula is C12H16ClFN2O2S. The number of rotatable bonds is 4. The van der Waals surface area contributed by atoms with E-state index in [0.29, 0.717) is 6.54 Å². The highest BCUT2D eigenvalue weighted by atomic mass is 35.5. The molecule has 1 aliphatic heterocycles. The molecule has 1 fully saturated rings. The smallest absolute Gasteiger partial charge is 0.240 e. The van der Waals surface area contributed by atoms with Gasteiger partial charge >= 0.3 is 0 Å². The number of nitrogens with one attached hydrogen (secondary N) is 2. The molecule has 1 aromatic carbocycles. The SMILES string of the molecule is O=S(=O)(NCC1CCCNC1)c1cc(F)cc(Cl)c1. The Labute approximate surface area is 117 Å². The van der Waals surface area contributed by atoms with Crippen LogP contribution in [0.2, 0.25) is 5.02 Å². The first-order valence-corrected chi connectivity index (χ1v) is 8.00. The Morgan fingerprint density at radius 2 is 2.21 bits per heavy atom. The van der Waals surface area contributed by atoms with Crippen molar-refractivity contribution in [3.05, 3.63) is 29.0 Å². The lowest BCUT2D eigenvalue weighted by atomic mass is 10.0. The first-order chi connectivity index (χ1) is 8.97. The molecule has 7 heteroatoms. The standard InChI is InChI=1S/C12H16ClFN2O2S/c13-10-4-11(14)6-12(5-10)19(17,18)16-8-9-2-1-3-15-7-9/h4-6,9,15-16H,1-3,7-8H2. The average Bonchev–Trinajstić information content (AvgIpc) is 2.37. The summed E-state index contributed by atoms with van der Waals surface area (Å²) in [6.45, 7) is 2.12. The topological polar surface area (TPSA) is 58.2 Å². The largest absolute Gasteiger partial charge is 0.316 e. The number of piperidine rings is 1. The summed E-state index contributed by atoms with van der Waals surface area (Å²) in [6, 6.07) is 3.28. The van der Waals surface area contributed by atoms with E-state index in [9.17, 15) is 12.8 Å². The van der Waals surface area contributed by atoms with E-state index in [4.69, 9.17) is 11.6 Å². The van der Waals surface area contributed by atoms with Crippen LogP contribution in [0.25, 0.3) is 0 Å². The van der Waals surface area contributed by atoms with E-state index in [-0.39, 0.29) is 15.8 Å². The Morgan fingerprint density at radius 1 is 1.42 bits per heavy atom. The van der Waals surface area contributed by atoms with Gasteiger partial charge in [-0.25, -0.2) is 17.5 Å². The zero-order valence-electron chi connectivity index (χ0n) is 10.3. The summed E-state index contributed by atoms with van der Waals surface area (Å²) in [5.74, 6) is -0.389. The molecule has 1 aliphatic rings. The van der Waals surface area contributed by atoms with Gasteiger partial charge in [-0.05, 0) is 50.0 Å². The summed E-state index contributed by atoms with van der Waals surface area (Å²) in [7, 11) is -3.71. The fourth-order valence-electron chi connectivity index (χ4n) is 2.09. The summed E-state index contributed by atoms with van der Waals surface area (Å²) < 4.78 is 39.7. The second-order valence-electron chi connectivity index (χ2n) is 4.67. The van der Waals surface area contributed by atoms with Gasteiger partial charge in [0.1, 0.15) is 5.82 Å². The molecule has 1 heterocycles. The molecule has 0 aromatic heterocycles. The van der Waals surface area contributed by atoms with Crippen LogP contribution in [0.4, 0.5) is 4.39 Å². The van der Waals surface area contributed by atoms with E-state index >= 15 is 0 Å². The van der Waals surface area contributed by atoms with Crippen LogP contribution in [0.15, 0.2) is 23.1 Å². The van der Waals surface area contributed by atoms with Gasteiger partial charge in [-0.1, -0.05) is 11.6 Å². The van der Waals surface area contributed by atoms with Crippen LogP contribution in [0.5, 0.6) is 0 Å². The molecule has 0 amide bonds. The van der Waals surface area contributed by atoms with Crippen molar-refractivity contribution in [2.75, 3.05) is 19.6 Å². The first-order valence-electron chi connectivity index (χ1n) is 6.14. The third-order valence-electron chi connectivity index (χ3n) is 3.11. The van der Waals surface area contributed by atoms with Crippen molar-refractivity contribution in [1.29, 1.82) is 0 Å². The third-order valence-corrected chi connectivity index (χ3v) is 4.73. The fourth-order valence-corrected chi connectivity index (χ4v) is 3.55. The number of sulfonamides is 1. The molecule has 0 saturated carbocycles. The molecular weight excluding hydrogens is 291 g/mol. The Morgan fingerprint density at radius 3 is 2.84 bits per heavy atom. The molecule has 1 aromatic rings. The van der Waals surface area contributed by atoms with Crippen LogP contribution in [-0.2, 0) is 10.0 Å². The molecule has 0 spiro atoms. The maximum atomic E-state index is 13.2. The highest BCUT2D eigenvalue weighted by Gasteiger charge is 2.19. The Bertz CT molecular complexity index is 524. The number of hydrogen-bond acceptors (Lipinski definition) is 3. The van der Waals surface area contributed by atoms with Crippen LogP contribution in [0, 0.1) is 11.7 Å². The zero-order chi connectivity index (χ0) is 13.9. The lowest BCUT2D eigenvalue weighted by Crippen LogP contribution is -2.38. The van der Waals surface area contributed by atoms with E-state index < -0.39 is 15.8 Å². The normalized spacial score (nSPS) is 20.4. The predicted octanol–water partition coefficient (Wildman–Crippen LogP) is 1.76. The van der Waals surface area contributed by atoms with Gasteiger partial charge in [0.05, 0.1) is 4.90 Å². The van der Waals surface area contributed by atoms with Gasteiger partial charge in [0, 0.05) is 11.6 Å². The maximum Gasteiger partial charge on any atom is 0.240 e. The summed E-state index contributed by atoms with van der Waals surface area (Å²) in [5, 5.41) is 3.28. The van der Waals surface area contributed by atoms with E-state index in [2.05, 4.69) is 10.0 Å². The summed E-state index contributed by atoms with van der Waals surface area (Å²) in [6.07, 6.45) is 2.03. The quantitative estimate of drug-likeness (QED) is 0.891. The van der Waals surface area contributed by atoms with Gasteiger partial charge in [-0.3, -0.25) is 0 Å². The highest BCUT2D eigenvalue weighted by molar-refractivity contribution is 7.89. The van der Waals surface area contributed by atoms with Gasteiger partial charge in [-0.2, -0.15) is 0 Å². The lowest BCUT2D eigenvalue weighted by Gasteiger charge is -2.22. The van der Waals surface area contributed by atoms with E-state index in [1.54, 1.807) is 0 Å². The zero-order valence-corrected chi connectivity index (χ0v) is 11.9. The van der Waals surface area contributed by atoms with Crippen molar-refractivity contribution in [3.8, 4) is 0 Å². The highest BCUT2D eigenvalue weighted by Crippen LogP contribution is 2.18. The van der Waals surface area contributed by atoms with Gasteiger partial charge < -0.3 is 5.32 Å². The van der Waals surface area contributed by atoms with Gasteiger partial charge in [-0.15, -0.1) is 0 Å². The van der Waals surface area contributed by atoms with Crippen LogP contribution in [-0.4, -0.2) is 28.1 Å². The molecule has 0 aliphatic carbocycles. The van der Waals surface area contributed by atoms with Gasteiger partial charge in [0.2, 0.25) is 10.0 Å². The molecule has 1 atom stereocenters. The van der Waals surface area contributed by atoms with Crippen LogP contribution in [0.1, 0.15) is 12.8 Å². The summed E-state index contributed by atoms with van der Waals surface area (Å²) in [5.41, 5.74) is 0. The Balaban J connectivity index is 2.04. The van der Waals surface area contributed by atoms with Crippen molar-refractivity contribution < 1.29 is 12.8 Å². The molecule has 4 nitrogen and oxygen atoms in total. The minimum Gasteiger partial charge on any atom is -0.316 e. The summed E-state index contributed by atoms with van der Waals surface area (Å²) in [4.78, 5) is -0.138. The number of hydrogen-bond donors (Lipinski definition) is 2. The first kappa shape index (κ1) is 14.7. The van der Waals surface area contributed by atoms with Crippen LogP contribution in [0.3, 0.4) is 0 Å². The number of benzene rings is 1. The average molecular weight is 307 g/mol. The van der Waals surface area contributed by atoms with Gasteiger partial charge in [0.15, 0.2) is 0 Å². The molecule has 106 valence electrons. The predicted molar refractivity (Wildman–Crippen MR) is 72.2 cm³/mol. The lowest BCUT2D eigenvalue weighted by molar-refractivity contribution is 0.376. The van der Waals surface area contributed by atoms with Crippen molar-refractivity contribution in [3.63, 3.8) is 0 Å². The van der Waals surface area contributed by atoms with Crippen LogP contribution >= 0.6 is 11.6 Å². The van der Waals surface area contributed by atoms with Crippen LogP contribution < -0.4 is 10.0 Å². The molecule has 2 rings (SSSR count). The Hall–Kier alpha value is -0.690. The molecule has 1 saturated heterocycles. The minimum absolute atomic E-state index is 0.0692.